The molecule has 0 radical (unpaired) electrons. The molecule has 3 aromatic rings. The number of methoxy groups -OCH3 is 2. The van der Waals surface area contributed by atoms with Gasteiger partial charge < -0.3 is 14.3 Å². The second-order valence-electron chi connectivity index (χ2n) is 7.68. The van der Waals surface area contributed by atoms with Crippen LogP contribution in [0.2, 0.25) is 0 Å². The number of ether oxygens (including phenoxy) is 2. The molecular weight excluding hydrogens is 414 g/mol. The van der Waals surface area contributed by atoms with Gasteiger partial charge in [0.05, 0.1) is 25.3 Å². The monoisotopic (exact) mass is 437 g/mol. The highest BCUT2D eigenvalue weighted by molar-refractivity contribution is 6.11. The first kappa shape index (κ1) is 20.6. The summed E-state index contributed by atoms with van der Waals surface area (Å²) in [6, 6.07) is 27.4. The van der Waals surface area contributed by atoms with Gasteiger partial charge in [-0.3, -0.25) is 4.79 Å². The minimum Gasteiger partial charge on any atom is -0.497 e. The van der Waals surface area contributed by atoms with Crippen molar-refractivity contribution in [3.8, 4) is 45.0 Å². The van der Waals surface area contributed by atoms with Gasteiger partial charge in [-0.2, -0.15) is 0 Å². The van der Waals surface area contributed by atoms with Crippen LogP contribution in [-0.2, 0) is 0 Å². The van der Waals surface area contributed by atoms with Gasteiger partial charge in [0.2, 0.25) is 0 Å². The molecule has 5 nitrogen and oxygen atoms in total. The van der Waals surface area contributed by atoms with E-state index in [-0.39, 0.29) is 5.56 Å². The third-order valence-corrected chi connectivity index (χ3v) is 5.90. The molecule has 0 atom stereocenters. The summed E-state index contributed by atoms with van der Waals surface area (Å²) in [6.45, 7) is 0. The summed E-state index contributed by atoms with van der Waals surface area (Å²) in [5, 5.41) is 1.48. The Morgan fingerprint density at radius 3 is 2.00 bits per heavy atom. The highest BCUT2D eigenvalue weighted by Crippen LogP contribution is 2.43. The van der Waals surface area contributed by atoms with E-state index in [1.807, 2.05) is 78.9 Å². The van der Waals surface area contributed by atoms with E-state index in [0.29, 0.717) is 16.8 Å². The van der Waals surface area contributed by atoms with E-state index in [4.69, 9.17) is 14.3 Å². The van der Waals surface area contributed by atoms with Crippen LogP contribution < -0.4 is 19.9 Å². The van der Waals surface area contributed by atoms with E-state index < -0.39 is 0 Å². The van der Waals surface area contributed by atoms with Crippen molar-refractivity contribution in [3.63, 3.8) is 0 Å². The number of hydrogen-bond donors (Lipinski definition) is 0. The summed E-state index contributed by atoms with van der Waals surface area (Å²) in [6.07, 6.45) is 0. The number of aromatic nitrogens is 1. The Balaban J connectivity index is 2.01. The molecule has 164 valence electrons. The van der Waals surface area contributed by atoms with Crippen molar-refractivity contribution in [2.45, 2.75) is 0 Å². The highest BCUT2D eigenvalue weighted by atomic mass is 16.6. The Hall–Kier alpha value is -4.25. The number of rotatable bonds is 5. The summed E-state index contributed by atoms with van der Waals surface area (Å²) < 4.78 is 12.3. The van der Waals surface area contributed by atoms with Crippen molar-refractivity contribution < 1.29 is 14.3 Å². The lowest BCUT2D eigenvalue weighted by Crippen LogP contribution is -2.27. The first-order valence-corrected chi connectivity index (χ1v) is 10.6. The maximum absolute atomic E-state index is 13.8. The third kappa shape index (κ3) is 3.38. The minimum absolute atomic E-state index is 0.210. The molecule has 1 heterocycles. The van der Waals surface area contributed by atoms with Crippen LogP contribution in [-0.4, -0.2) is 26.1 Å². The zero-order chi connectivity index (χ0) is 22.9. The molecule has 0 aliphatic heterocycles. The first-order valence-electron chi connectivity index (χ1n) is 10.6. The van der Waals surface area contributed by atoms with Crippen LogP contribution in [0.5, 0.6) is 11.5 Å². The largest absolute Gasteiger partial charge is 0.497 e. The predicted octanol–water partition coefficient (Wildman–Crippen LogP) is 5.52. The Bertz CT molecular complexity index is 1500. The molecule has 2 aliphatic carbocycles. The number of benzene rings is 2. The van der Waals surface area contributed by atoms with Crippen molar-refractivity contribution in [2.24, 2.45) is 0 Å². The Labute approximate surface area is 191 Å². The minimum atomic E-state index is -0.210. The molecule has 0 unspecified atom stereocenters. The highest BCUT2D eigenvalue weighted by Gasteiger charge is 2.25. The second-order valence-corrected chi connectivity index (χ2v) is 7.68. The maximum Gasteiger partial charge on any atom is 0.292 e. The number of pyridine rings is 1. The van der Waals surface area contributed by atoms with Crippen molar-refractivity contribution in [1.82, 2.24) is 4.73 Å². The Kier molecular flexibility index (Phi) is 5.23. The molecular formula is C28H23NO4. The van der Waals surface area contributed by atoms with Gasteiger partial charge in [0.1, 0.15) is 18.6 Å². The summed E-state index contributed by atoms with van der Waals surface area (Å²) in [7, 11) is 4.78. The summed E-state index contributed by atoms with van der Waals surface area (Å²) in [4.78, 5) is 19.5. The van der Waals surface area contributed by atoms with Crippen LogP contribution in [0.15, 0.2) is 89.7 Å². The lowest BCUT2D eigenvalue weighted by Gasteiger charge is -2.18. The smallest absolute Gasteiger partial charge is 0.292 e. The summed E-state index contributed by atoms with van der Waals surface area (Å²) in [5.41, 5.74) is 4.93. The molecule has 0 saturated carbocycles. The summed E-state index contributed by atoms with van der Waals surface area (Å²) in [5.74, 6) is 1.42. The topological polar surface area (TPSA) is 49.7 Å². The SMILES string of the molecule is COc1cccc(-c2c(-c3cccc(OC)c3)n(OC)c(=O)c3c4cccccc-4cc23)c1. The van der Waals surface area contributed by atoms with Crippen LogP contribution in [0.3, 0.4) is 0 Å². The third-order valence-electron chi connectivity index (χ3n) is 5.90. The molecule has 5 heteroatoms. The Morgan fingerprint density at radius 1 is 0.667 bits per heavy atom. The normalized spacial score (nSPS) is 11.0. The van der Waals surface area contributed by atoms with Crippen molar-refractivity contribution >= 4 is 10.8 Å². The average molecular weight is 437 g/mol. The fraction of sp³-hybridized carbons (Fsp3) is 0.107. The van der Waals surface area contributed by atoms with Gasteiger partial charge in [0.25, 0.3) is 5.56 Å². The zero-order valence-corrected chi connectivity index (χ0v) is 18.7. The fourth-order valence-electron chi connectivity index (χ4n) is 4.42. The standard InChI is InChI=1S/C28H23NO4/c1-31-21-12-7-10-19(15-21)25-24-17-18-9-5-4-6-14-23(18)26(24)28(30)29(33-3)27(25)20-11-8-13-22(16-20)32-2/h4-17H,1-3H3. The molecule has 5 rings (SSSR count). The fourth-order valence-corrected chi connectivity index (χ4v) is 4.42. The van der Waals surface area contributed by atoms with Crippen LogP contribution in [0.1, 0.15) is 0 Å². The second kappa shape index (κ2) is 8.36. The van der Waals surface area contributed by atoms with Crippen molar-refractivity contribution in [2.75, 3.05) is 21.3 Å². The molecule has 0 saturated heterocycles. The number of fused-ring (bicyclic) bond motifs is 3. The van der Waals surface area contributed by atoms with Crippen molar-refractivity contribution in [3.05, 3.63) is 95.3 Å². The molecule has 0 spiro atoms. The molecule has 0 N–H and O–H groups in total. The molecule has 0 amide bonds. The van der Waals surface area contributed by atoms with E-state index in [0.717, 1.165) is 39.0 Å². The number of nitrogens with zero attached hydrogens (tertiary/aromatic N) is 1. The van der Waals surface area contributed by atoms with Gasteiger partial charge in [-0.15, -0.1) is 4.73 Å². The van der Waals surface area contributed by atoms with Gasteiger partial charge in [-0.1, -0.05) is 54.6 Å². The summed E-state index contributed by atoms with van der Waals surface area (Å²) >= 11 is 0. The van der Waals surface area contributed by atoms with Gasteiger partial charge in [0, 0.05) is 11.1 Å². The quantitative estimate of drug-likeness (QED) is 0.364. The first-order chi connectivity index (χ1) is 16.2. The number of hydrogen-bond acceptors (Lipinski definition) is 4. The molecule has 1 aromatic heterocycles. The molecule has 0 fully saturated rings. The van der Waals surface area contributed by atoms with Gasteiger partial charge in [-0.25, -0.2) is 0 Å². The lowest BCUT2D eigenvalue weighted by molar-refractivity contribution is 0.163. The van der Waals surface area contributed by atoms with Crippen LogP contribution in [0.25, 0.3) is 44.3 Å². The molecule has 2 aliphatic rings. The van der Waals surface area contributed by atoms with Crippen molar-refractivity contribution in [1.29, 1.82) is 0 Å². The molecule has 33 heavy (non-hydrogen) atoms. The van der Waals surface area contributed by atoms with E-state index in [1.54, 1.807) is 14.2 Å². The van der Waals surface area contributed by atoms with Gasteiger partial charge >= 0.3 is 0 Å². The average Bonchev–Trinajstić information content (AvgIpc) is 3.06. The lowest BCUT2D eigenvalue weighted by atomic mass is 9.95. The zero-order valence-electron chi connectivity index (χ0n) is 18.7. The van der Waals surface area contributed by atoms with Gasteiger partial charge in [0.15, 0.2) is 0 Å². The maximum atomic E-state index is 13.8. The molecule has 0 bridgehead atoms. The van der Waals surface area contributed by atoms with E-state index in [2.05, 4.69) is 6.07 Å². The Morgan fingerprint density at radius 2 is 1.30 bits per heavy atom. The van der Waals surface area contributed by atoms with Crippen LogP contribution >= 0.6 is 0 Å². The molecule has 2 aromatic carbocycles. The van der Waals surface area contributed by atoms with Crippen LogP contribution in [0, 0.1) is 0 Å². The van der Waals surface area contributed by atoms with Gasteiger partial charge in [-0.05, 0) is 52.4 Å². The van der Waals surface area contributed by atoms with E-state index >= 15 is 0 Å². The predicted molar refractivity (Wildman–Crippen MR) is 131 cm³/mol. The van der Waals surface area contributed by atoms with E-state index in [1.165, 1.54) is 11.8 Å². The van der Waals surface area contributed by atoms with Crippen LogP contribution in [0.4, 0.5) is 0 Å². The van der Waals surface area contributed by atoms with E-state index in [9.17, 15) is 4.79 Å².